The number of thiophene rings is 1. The summed E-state index contributed by atoms with van der Waals surface area (Å²) < 4.78 is 2.74. The molecule has 0 atom stereocenters. The van der Waals surface area contributed by atoms with Gasteiger partial charge in [0.25, 0.3) is 0 Å². The average Bonchev–Trinajstić information content (AvgIpc) is 3.03. The van der Waals surface area contributed by atoms with Gasteiger partial charge in [-0.25, -0.2) is 0 Å². The van der Waals surface area contributed by atoms with Crippen molar-refractivity contribution in [3.63, 3.8) is 0 Å². The maximum Gasteiger partial charge on any atom is 0.0776 e. The molecule has 0 aliphatic rings. The van der Waals surface area contributed by atoms with E-state index in [-0.39, 0.29) is 0 Å². The largest absolute Gasteiger partial charge is 0.135 e. The van der Waals surface area contributed by atoms with Crippen molar-refractivity contribution in [2.75, 3.05) is 0 Å². The number of hydrogen-bond donors (Lipinski definition) is 0. The van der Waals surface area contributed by atoms with Crippen LogP contribution in [0.15, 0.2) is 72.8 Å². The summed E-state index contributed by atoms with van der Waals surface area (Å²) in [6.45, 7) is 9.39. The molecule has 0 spiro atoms. The molecule has 0 aliphatic carbocycles. The summed E-state index contributed by atoms with van der Waals surface area (Å²) >= 11 is 1.88. The molecule has 0 N–H and O–H groups in total. The second kappa shape index (κ2) is 6.30. The molecule has 0 nitrogen and oxygen atoms in total. The average molecular weight is 397 g/mol. The summed E-state index contributed by atoms with van der Waals surface area (Å²) in [7, 11) is -1.28. The molecule has 0 radical (unpaired) electrons. The first-order valence-corrected chi connectivity index (χ1v) is 14.2. The third-order valence-corrected chi connectivity index (χ3v) is 8.86. The molecule has 0 bridgehead atoms. The van der Waals surface area contributed by atoms with Crippen LogP contribution in [0, 0.1) is 6.92 Å². The maximum atomic E-state index is 2.41. The number of hydrogen-bond acceptors (Lipinski definition) is 1. The highest BCUT2D eigenvalue weighted by Crippen LogP contribution is 2.37. The van der Waals surface area contributed by atoms with Gasteiger partial charge in [0.15, 0.2) is 0 Å². The van der Waals surface area contributed by atoms with Crippen molar-refractivity contribution < 1.29 is 0 Å². The lowest BCUT2D eigenvalue weighted by atomic mass is 9.99. The van der Waals surface area contributed by atoms with Crippen LogP contribution in [0.1, 0.15) is 5.56 Å². The molecule has 0 saturated heterocycles. The van der Waals surface area contributed by atoms with E-state index in [2.05, 4.69) is 99.4 Å². The zero-order valence-electron chi connectivity index (χ0n) is 16.8. The van der Waals surface area contributed by atoms with Gasteiger partial charge in [-0.1, -0.05) is 72.9 Å². The fraction of sp³-hybridized carbons (Fsp3) is 0.154. The highest BCUT2D eigenvalue weighted by molar-refractivity contribution is 7.25. The molecule has 0 amide bonds. The third kappa shape index (κ3) is 2.97. The summed E-state index contributed by atoms with van der Waals surface area (Å²) in [5.74, 6) is 0. The molecule has 28 heavy (non-hydrogen) atoms. The van der Waals surface area contributed by atoms with Crippen molar-refractivity contribution in [2.45, 2.75) is 26.6 Å². The Hall–Kier alpha value is -2.42. The van der Waals surface area contributed by atoms with Crippen LogP contribution in [0.25, 0.3) is 42.1 Å². The second-order valence-electron chi connectivity index (χ2n) is 8.84. The van der Waals surface area contributed by atoms with Crippen LogP contribution in [-0.2, 0) is 0 Å². The van der Waals surface area contributed by atoms with E-state index in [0.29, 0.717) is 0 Å². The van der Waals surface area contributed by atoms with Gasteiger partial charge in [-0.15, -0.1) is 11.3 Å². The van der Waals surface area contributed by atoms with E-state index < -0.39 is 8.07 Å². The second-order valence-corrected chi connectivity index (χ2v) is 15.0. The molecule has 0 unspecified atom stereocenters. The molecule has 4 aromatic carbocycles. The lowest BCUT2D eigenvalue weighted by Gasteiger charge is -2.17. The molecule has 1 aromatic heterocycles. The van der Waals surface area contributed by atoms with Gasteiger partial charge in [0.05, 0.1) is 8.07 Å². The SMILES string of the molecule is Cc1ccc2sc3ccc(-c4ccc5cc([Si](C)(C)C)ccc5c4)cc3c2c1. The molecular formula is C26H24SSi. The molecule has 5 aromatic rings. The van der Waals surface area contributed by atoms with E-state index in [4.69, 9.17) is 0 Å². The number of aryl methyl sites for hydroxylation is 1. The predicted octanol–water partition coefficient (Wildman–Crippen LogP) is 7.73. The Balaban J connectivity index is 1.65. The smallest absolute Gasteiger partial charge is 0.0776 e. The standard InChI is InChI=1S/C26H24SSi/c1-17-5-11-25-23(13-17)24-16-21(9-12-26(24)27-25)18-6-7-20-15-22(28(2,3)4)10-8-19(20)14-18/h5-16H,1-4H3. The van der Waals surface area contributed by atoms with Crippen molar-refractivity contribution in [1.29, 1.82) is 0 Å². The van der Waals surface area contributed by atoms with E-state index >= 15 is 0 Å². The fourth-order valence-electron chi connectivity index (χ4n) is 3.96. The van der Waals surface area contributed by atoms with Crippen LogP contribution in [0.4, 0.5) is 0 Å². The first-order valence-electron chi connectivity index (χ1n) is 9.86. The Bertz CT molecular complexity index is 1350. The van der Waals surface area contributed by atoms with Crippen LogP contribution in [0.3, 0.4) is 0 Å². The molecule has 2 heteroatoms. The normalized spacial score (nSPS) is 12.3. The number of fused-ring (bicyclic) bond motifs is 4. The zero-order valence-corrected chi connectivity index (χ0v) is 18.7. The van der Waals surface area contributed by atoms with Gasteiger partial charge in [0.2, 0.25) is 0 Å². The Kier molecular flexibility index (Phi) is 3.97. The van der Waals surface area contributed by atoms with Crippen LogP contribution in [-0.4, -0.2) is 8.07 Å². The van der Waals surface area contributed by atoms with Gasteiger partial charge in [-0.3, -0.25) is 0 Å². The third-order valence-electron chi connectivity index (χ3n) is 5.66. The van der Waals surface area contributed by atoms with Crippen molar-refractivity contribution in [3.05, 3.63) is 78.4 Å². The fourth-order valence-corrected chi connectivity index (χ4v) is 6.20. The van der Waals surface area contributed by atoms with E-state index in [1.807, 2.05) is 11.3 Å². The van der Waals surface area contributed by atoms with Crippen molar-refractivity contribution in [3.8, 4) is 11.1 Å². The molecule has 0 aliphatic heterocycles. The van der Waals surface area contributed by atoms with Crippen molar-refractivity contribution in [1.82, 2.24) is 0 Å². The highest BCUT2D eigenvalue weighted by atomic mass is 32.1. The van der Waals surface area contributed by atoms with E-state index in [9.17, 15) is 0 Å². The summed E-state index contributed by atoms with van der Waals surface area (Å²) in [6, 6.07) is 27.6. The summed E-state index contributed by atoms with van der Waals surface area (Å²) in [5, 5.41) is 6.94. The minimum Gasteiger partial charge on any atom is -0.135 e. The van der Waals surface area contributed by atoms with Crippen LogP contribution >= 0.6 is 11.3 Å². The van der Waals surface area contributed by atoms with Crippen molar-refractivity contribution >= 4 is 55.5 Å². The Labute approximate surface area is 171 Å². The van der Waals surface area contributed by atoms with Gasteiger partial charge in [-0.2, -0.15) is 0 Å². The van der Waals surface area contributed by atoms with E-state index in [1.165, 1.54) is 52.8 Å². The number of rotatable bonds is 2. The number of benzene rings is 4. The van der Waals surface area contributed by atoms with E-state index in [1.54, 1.807) is 0 Å². The molecule has 1 heterocycles. The van der Waals surface area contributed by atoms with Gasteiger partial charge in [0.1, 0.15) is 0 Å². The van der Waals surface area contributed by atoms with Gasteiger partial charge < -0.3 is 0 Å². The monoisotopic (exact) mass is 396 g/mol. The highest BCUT2D eigenvalue weighted by Gasteiger charge is 2.16. The molecule has 0 fully saturated rings. The van der Waals surface area contributed by atoms with E-state index in [0.717, 1.165) is 0 Å². The quantitative estimate of drug-likeness (QED) is 0.268. The van der Waals surface area contributed by atoms with Gasteiger partial charge in [0, 0.05) is 20.2 Å². The Morgan fingerprint density at radius 3 is 2.00 bits per heavy atom. The molecule has 5 rings (SSSR count). The minimum atomic E-state index is -1.28. The zero-order chi connectivity index (χ0) is 19.5. The lowest BCUT2D eigenvalue weighted by molar-refractivity contribution is 1.52. The summed E-state index contributed by atoms with van der Waals surface area (Å²) in [5.41, 5.74) is 3.91. The molecular weight excluding hydrogens is 372 g/mol. The first kappa shape index (κ1) is 17.7. The van der Waals surface area contributed by atoms with Crippen LogP contribution in [0.5, 0.6) is 0 Å². The van der Waals surface area contributed by atoms with Crippen LogP contribution in [0.2, 0.25) is 19.6 Å². The predicted molar refractivity (Wildman–Crippen MR) is 130 cm³/mol. The summed E-state index contributed by atoms with van der Waals surface area (Å²) in [6.07, 6.45) is 0. The van der Waals surface area contributed by atoms with Crippen molar-refractivity contribution in [2.24, 2.45) is 0 Å². The Morgan fingerprint density at radius 2 is 1.21 bits per heavy atom. The minimum absolute atomic E-state index is 1.28. The topological polar surface area (TPSA) is 0 Å². The lowest BCUT2D eigenvalue weighted by Crippen LogP contribution is -2.37. The Morgan fingerprint density at radius 1 is 0.607 bits per heavy atom. The van der Waals surface area contributed by atoms with Gasteiger partial charge >= 0.3 is 0 Å². The van der Waals surface area contributed by atoms with Gasteiger partial charge in [-0.05, 0) is 59.2 Å². The van der Waals surface area contributed by atoms with Crippen LogP contribution < -0.4 is 5.19 Å². The first-order chi connectivity index (χ1) is 13.4. The maximum absolute atomic E-state index is 2.41. The molecule has 138 valence electrons. The summed E-state index contributed by atoms with van der Waals surface area (Å²) in [4.78, 5) is 0. The molecule has 0 saturated carbocycles.